The molecule has 0 saturated carbocycles. The van der Waals surface area contributed by atoms with Crippen LogP contribution >= 0.6 is 0 Å². The van der Waals surface area contributed by atoms with E-state index in [9.17, 15) is 9.70 Å². The summed E-state index contributed by atoms with van der Waals surface area (Å²) in [6, 6.07) is 11.3. The van der Waals surface area contributed by atoms with Gasteiger partial charge in [-0.2, -0.15) is 5.11 Å². The summed E-state index contributed by atoms with van der Waals surface area (Å²) in [5.74, 6) is -1.13. The average Bonchev–Trinajstić information content (AvgIpc) is 2.52. The maximum absolute atomic E-state index is 10.8. The van der Waals surface area contributed by atoms with Crippen molar-refractivity contribution in [1.82, 2.24) is 0 Å². The van der Waals surface area contributed by atoms with Gasteiger partial charge in [0.15, 0.2) is 0 Å². The first kappa shape index (κ1) is 15.3. The fourth-order valence-corrected chi connectivity index (χ4v) is 1.74. The molecular formula is C15H14N4O3. The number of hydrogen-bond donors (Lipinski definition) is 1. The van der Waals surface area contributed by atoms with Gasteiger partial charge in [0.05, 0.1) is 11.3 Å². The monoisotopic (exact) mass is 298 g/mol. The normalized spacial score (nSPS) is 10.6. The van der Waals surface area contributed by atoms with Gasteiger partial charge in [-0.15, -0.1) is 10.0 Å². The number of anilines is 1. The minimum absolute atomic E-state index is 0.0242. The Balaban J connectivity index is 2.25. The topological polar surface area (TPSA) is 94.7 Å². The van der Waals surface area contributed by atoms with Crippen molar-refractivity contribution in [1.29, 1.82) is 0 Å². The van der Waals surface area contributed by atoms with E-state index in [1.807, 2.05) is 31.1 Å². The van der Waals surface area contributed by atoms with Gasteiger partial charge in [-0.25, -0.2) is 4.79 Å². The highest BCUT2D eigenvalue weighted by Gasteiger charge is 2.08. The summed E-state index contributed by atoms with van der Waals surface area (Å²) in [5.41, 5.74) is 1.78. The Morgan fingerprint density at radius 1 is 1.00 bits per heavy atom. The largest absolute Gasteiger partial charge is 0.478 e. The number of carboxylic acids is 1. The highest BCUT2D eigenvalue weighted by molar-refractivity contribution is 5.89. The Morgan fingerprint density at radius 3 is 2.23 bits per heavy atom. The Labute approximate surface area is 126 Å². The highest BCUT2D eigenvalue weighted by Crippen LogP contribution is 2.30. The second kappa shape index (κ2) is 6.57. The summed E-state index contributed by atoms with van der Waals surface area (Å²) >= 11 is 0. The second-order valence-corrected chi connectivity index (χ2v) is 4.71. The lowest BCUT2D eigenvalue weighted by Crippen LogP contribution is -2.07. The van der Waals surface area contributed by atoms with Crippen LogP contribution in [0.1, 0.15) is 10.4 Å². The molecule has 2 aromatic carbocycles. The molecule has 0 atom stereocenters. The molecule has 22 heavy (non-hydrogen) atoms. The molecule has 0 aromatic heterocycles. The van der Waals surface area contributed by atoms with Crippen LogP contribution in [0.25, 0.3) is 0 Å². The summed E-state index contributed by atoms with van der Waals surface area (Å²) in [6.07, 6.45) is 0. The molecule has 0 aliphatic rings. The van der Waals surface area contributed by atoms with E-state index in [1.54, 1.807) is 12.1 Å². The number of aromatic carboxylic acids is 1. The van der Waals surface area contributed by atoms with Crippen molar-refractivity contribution in [3.63, 3.8) is 0 Å². The van der Waals surface area contributed by atoms with Crippen molar-refractivity contribution in [3.8, 4) is 0 Å². The maximum Gasteiger partial charge on any atom is 0.335 e. The zero-order chi connectivity index (χ0) is 16.1. The summed E-state index contributed by atoms with van der Waals surface area (Å²) in [6.45, 7) is 0. The van der Waals surface area contributed by atoms with E-state index in [-0.39, 0.29) is 16.9 Å². The first-order valence-electron chi connectivity index (χ1n) is 6.41. The van der Waals surface area contributed by atoms with Gasteiger partial charge in [0.2, 0.25) is 0 Å². The van der Waals surface area contributed by atoms with Gasteiger partial charge in [-0.1, -0.05) is 0 Å². The van der Waals surface area contributed by atoms with Gasteiger partial charge in [0.25, 0.3) is 0 Å². The predicted octanol–water partition coefficient (Wildman–Crippen LogP) is 4.26. The molecule has 0 radical (unpaired) electrons. The lowest BCUT2D eigenvalue weighted by Gasteiger charge is -2.11. The van der Waals surface area contributed by atoms with Crippen LogP contribution in [0.15, 0.2) is 57.9 Å². The molecular weight excluding hydrogens is 284 g/mol. The Bertz CT molecular complexity index is 724. The molecule has 7 nitrogen and oxygen atoms in total. The smallest absolute Gasteiger partial charge is 0.335 e. The number of nitroso groups, excluding NO2 is 1. The van der Waals surface area contributed by atoms with Crippen LogP contribution < -0.4 is 4.90 Å². The Morgan fingerprint density at radius 2 is 1.68 bits per heavy atom. The average molecular weight is 298 g/mol. The van der Waals surface area contributed by atoms with Crippen LogP contribution in [0.5, 0.6) is 0 Å². The van der Waals surface area contributed by atoms with E-state index in [2.05, 4.69) is 15.4 Å². The summed E-state index contributed by atoms with van der Waals surface area (Å²) in [7, 11) is 3.87. The fraction of sp³-hybridized carbons (Fsp3) is 0.133. The molecule has 112 valence electrons. The van der Waals surface area contributed by atoms with Crippen LogP contribution in [0.3, 0.4) is 0 Å². The van der Waals surface area contributed by atoms with Crippen molar-refractivity contribution in [2.75, 3.05) is 19.0 Å². The lowest BCUT2D eigenvalue weighted by molar-refractivity contribution is 0.0697. The molecule has 0 saturated heterocycles. The second-order valence-electron chi connectivity index (χ2n) is 4.71. The number of carbonyl (C=O) groups is 1. The van der Waals surface area contributed by atoms with Crippen molar-refractivity contribution in [3.05, 3.63) is 52.9 Å². The van der Waals surface area contributed by atoms with E-state index in [4.69, 9.17) is 5.11 Å². The first-order valence-corrected chi connectivity index (χ1v) is 6.41. The number of benzene rings is 2. The zero-order valence-corrected chi connectivity index (χ0v) is 12.1. The minimum Gasteiger partial charge on any atom is -0.478 e. The van der Waals surface area contributed by atoms with E-state index in [0.29, 0.717) is 5.69 Å². The van der Waals surface area contributed by atoms with Crippen LogP contribution in [0, 0.1) is 4.91 Å². The quantitative estimate of drug-likeness (QED) is 0.658. The zero-order valence-electron chi connectivity index (χ0n) is 12.1. The molecule has 0 fully saturated rings. The molecule has 0 heterocycles. The molecule has 0 bridgehead atoms. The summed E-state index contributed by atoms with van der Waals surface area (Å²) in [5, 5.41) is 19.6. The van der Waals surface area contributed by atoms with E-state index < -0.39 is 5.97 Å². The van der Waals surface area contributed by atoms with Gasteiger partial charge in [0.1, 0.15) is 11.4 Å². The number of nitrogens with zero attached hydrogens (tertiary/aromatic N) is 4. The van der Waals surface area contributed by atoms with Gasteiger partial charge >= 0.3 is 5.97 Å². The number of azo groups is 1. The molecule has 2 aromatic rings. The van der Waals surface area contributed by atoms with Crippen LogP contribution in [0.4, 0.5) is 22.7 Å². The third-order valence-electron chi connectivity index (χ3n) is 2.96. The molecule has 1 N–H and O–H groups in total. The third-order valence-corrected chi connectivity index (χ3v) is 2.96. The van der Waals surface area contributed by atoms with Crippen molar-refractivity contribution < 1.29 is 9.90 Å². The maximum atomic E-state index is 10.8. The van der Waals surface area contributed by atoms with Crippen molar-refractivity contribution in [2.24, 2.45) is 15.4 Å². The number of hydrogen-bond acceptors (Lipinski definition) is 6. The summed E-state index contributed by atoms with van der Waals surface area (Å²) in [4.78, 5) is 23.6. The van der Waals surface area contributed by atoms with E-state index >= 15 is 0 Å². The van der Waals surface area contributed by atoms with Gasteiger partial charge in [-0.05, 0) is 47.6 Å². The molecule has 0 aliphatic carbocycles. The minimum atomic E-state index is -1.13. The molecule has 0 aliphatic heterocycles. The molecule has 0 amide bonds. The Hall–Kier alpha value is -3.09. The summed E-state index contributed by atoms with van der Waals surface area (Å²) < 4.78 is 0. The molecule has 0 spiro atoms. The highest BCUT2D eigenvalue weighted by atomic mass is 16.4. The van der Waals surface area contributed by atoms with E-state index in [1.165, 1.54) is 18.2 Å². The van der Waals surface area contributed by atoms with E-state index in [0.717, 1.165) is 5.69 Å². The third kappa shape index (κ3) is 3.51. The van der Waals surface area contributed by atoms with Crippen LogP contribution in [-0.2, 0) is 0 Å². The van der Waals surface area contributed by atoms with Crippen molar-refractivity contribution in [2.45, 2.75) is 0 Å². The first-order chi connectivity index (χ1) is 10.5. The van der Waals surface area contributed by atoms with Gasteiger partial charge < -0.3 is 10.0 Å². The molecule has 7 heteroatoms. The number of carboxylic acid groups (broad SMARTS) is 1. The van der Waals surface area contributed by atoms with Crippen LogP contribution in [0.2, 0.25) is 0 Å². The van der Waals surface area contributed by atoms with Gasteiger partial charge in [0, 0.05) is 19.8 Å². The van der Waals surface area contributed by atoms with Crippen LogP contribution in [-0.4, -0.2) is 25.2 Å². The van der Waals surface area contributed by atoms with Crippen molar-refractivity contribution >= 4 is 28.7 Å². The SMILES string of the molecule is CN(C)c1ccc(/N=N/c2ccc(C(=O)O)cc2N=O)cc1. The lowest BCUT2D eigenvalue weighted by atomic mass is 10.2. The predicted molar refractivity (Wildman–Crippen MR) is 83.8 cm³/mol. The number of rotatable bonds is 5. The van der Waals surface area contributed by atoms with Gasteiger partial charge in [-0.3, -0.25) is 0 Å². The standard InChI is InChI=1S/C15H14N4O3/c1-19(2)12-6-4-11(5-7-12)16-17-13-8-3-10(15(20)21)9-14(13)18-22/h3-9H,1-2H3,(H,20,21)/b17-16+. The fourth-order valence-electron chi connectivity index (χ4n) is 1.74. The molecule has 0 unspecified atom stereocenters. The Kier molecular flexibility index (Phi) is 4.57. The molecule has 2 rings (SSSR count).